The summed E-state index contributed by atoms with van der Waals surface area (Å²) >= 11 is 3.93. The molecule has 0 aliphatic carbocycles. The number of carboxylic acids is 1. The minimum atomic E-state index is -3.72. The molecule has 0 saturated carbocycles. The van der Waals surface area contributed by atoms with E-state index in [0.29, 0.717) is 12.8 Å². The van der Waals surface area contributed by atoms with Gasteiger partial charge >= 0.3 is 5.97 Å². The standard InChI is InChI=1S/C11H16BrNO5S2/c1-7(6-14)3-2-4-13-20(17,18)9-5-8(11(15)16)19-10(9)12/h5,7,13-14H,2-4,6H2,1H3,(H,15,16). The summed E-state index contributed by atoms with van der Waals surface area (Å²) in [5.41, 5.74) is 0. The average molecular weight is 386 g/mol. The Morgan fingerprint density at radius 1 is 1.55 bits per heavy atom. The predicted molar refractivity (Wildman–Crippen MR) is 79.7 cm³/mol. The van der Waals surface area contributed by atoms with Crippen LogP contribution >= 0.6 is 27.3 Å². The van der Waals surface area contributed by atoms with Crippen LogP contribution in [0, 0.1) is 5.92 Å². The van der Waals surface area contributed by atoms with Gasteiger partial charge in [-0.25, -0.2) is 17.9 Å². The maximum Gasteiger partial charge on any atom is 0.345 e. The van der Waals surface area contributed by atoms with Gasteiger partial charge in [0.15, 0.2) is 0 Å². The van der Waals surface area contributed by atoms with Crippen molar-refractivity contribution in [2.75, 3.05) is 13.2 Å². The largest absolute Gasteiger partial charge is 0.477 e. The summed E-state index contributed by atoms with van der Waals surface area (Å²) < 4.78 is 26.7. The number of nitrogens with one attached hydrogen (secondary N) is 1. The lowest BCUT2D eigenvalue weighted by Gasteiger charge is -2.08. The van der Waals surface area contributed by atoms with E-state index in [1.165, 1.54) is 0 Å². The Morgan fingerprint density at radius 3 is 2.70 bits per heavy atom. The second-order valence-corrected chi connectivity index (χ2v) is 8.49. The number of aromatic carboxylic acids is 1. The monoisotopic (exact) mass is 385 g/mol. The first-order valence-electron chi connectivity index (χ1n) is 5.91. The highest BCUT2D eigenvalue weighted by molar-refractivity contribution is 9.11. The highest BCUT2D eigenvalue weighted by Gasteiger charge is 2.22. The van der Waals surface area contributed by atoms with Crippen LogP contribution in [0.3, 0.4) is 0 Å². The van der Waals surface area contributed by atoms with Crippen LogP contribution in [0.15, 0.2) is 14.7 Å². The van der Waals surface area contributed by atoms with Crippen molar-refractivity contribution in [3.8, 4) is 0 Å². The summed E-state index contributed by atoms with van der Waals surface area (Å²) in [5.74, 6) is -1.03. The van der Waals surface area contributed by atoms with Crippen molar-refractivity contribution in [1.29, 1.82) is 0 Å². The number of rotatable bonds is 8. The fraction of sp³-hybridized carbons (Fsp3) is 0.545. The number of halogens is 1. The molecule has 0 spiro atoms. The van der Waals surface area contributed by atoms with Crippen LogP contribution in [-0.2, 0) is 10.0 Å². The number of thiophene rings is 1. The first kappa shape index (κ1) is 17.6. The van der Waals surface area contributed by atoms with E-state index in [0.717, 1.165) is 17.4 Å². The summed E-state index contributed by atoms with van der Waals surface area (Å²) in [7, 11) is -3.72. The molecule has 1 atom stereocenters. The SMILES string of the molecule is CC(CO)CCCNS(=O)(=O)c1cc(C(=O)O)sc1Br. The van der Waals surface area contributed by atoms with Gasteiger partial charge in [-0.15, -0.1) is 11.3 Å². The van der Waals surface area contributed by atoms with Crippen LogP contribution in [-0.4, -0.2) is 37.8 Å². The Labute approximate surface area is 130 Å². The summed E-state index contributed by atoms with van der Waals surface area (Å²) in [4.78, 5) is 10.7. The second-order valence-electron chi connectivity index (χ2n) is 4.38. The topological polar surface area (TPSA) is 104 Å². The van der Waals surface area contributed by atoms with Gasteiger partial charge in [0.2, 0.25) is 10.0 Å². The molecule has 1 heterocycles. The van der Waals surface area contributed by atoms with Gasteiger partial charge in [-0.2, -0.15) is 0 Å². The number of aliphatic hydroxyl groups is 1. The van der Waals surface area contributed by atoms with Crippen LogP contribution in [0.25, 0.3) is 0 Å². The molecule has 0 aliphatic rings. The highest BCUT2D eigenvalue weighted by atomic mass is 79.9. The molecule has 3 N–H and O–H groups in total. The van der Waals surface area contributed by atoms with Gasteiger partial charge in [0, 0.05) is 13.2 Å². The Hall–Kier alpha value is -0.480. The molecule has 0 aromatic carbocycles. The maximum atomic E-state index is 12.0. The molecule has 6 nitrogen and oxygen atoms in total. The summed E-state index contributed by atoms with van der Waals surface area (Å²) in [6, 6.07) is 1.13. The van der Waals surface area contributed by atoms with Crippen molar-refractivity contribution >= 4 is 43.3 Å². The van der Waals surface area contributed by atoms with Crippen molar-refractivity contribution in [1.82, 2.24) is 4.72 Å². The van der Waals surface area contributed by atoms with Crippen molar-refractivity contribution in [3.63, 3.8) is 0 Å². The normalized spacial score (nSPS) is 13.3. The quantitative estimate of drug-likeness (QED) is 0.592. The van der Waals surface area contributed by atoms with E-state index >= 15 is 0 Å². The molecule has 9 heteroatoms. The number of carbonyl (C=O) groups is 1. The number of hydrogen-bond acceptors (Lipinski definition) is 5. The van der Waals surface area contributed by atoms with E-state index in [4.69, 9.17) is 10.2 Å². The molecule has 1 rings (SSSR count). The fourth-order valence-corrected chi connectivity index (χ4v) is 4.94. The molecule has 0 bridgehead atoms. The van der Waals surface area contributed by atoms with Crippen LogP contribution < -0.4 is 4.72 Å². The van der Waals surface area contributed by atoms with Gasteiger partial charge in [-0.05, 0) is 40.8 Å². The zero-order valence-electron chi connectivity index (χ0n) is 10.8. The minimum absolute atomic E-state index is 0.0360. The van der Waals surface area contributed by atoms with Crippen molar-refractivity contribution in [3.05, 3.63) is 14.7 Å². The van der Waals surface area contributed by atoms with Gasteiger partial charge in [-0.3, -0.25) is 0 Å². The first-order valence-corrected chi connectivity index (χ1v) is 9.00. The summed E-state index contributed by atoms with van der Waals surface area (Å²) in [5, 5.41) is 17.7. The lowest BCUT2D eigenvalue weighted by atomic mass is 10.1. The lowest BCUT2D eigenvalue weighted by Crippen LogP contribution is -2.25. The van der Waals surface area contributed by atoms with E-state index in [1.54, 1.807) is 0 Å². The highest BCUT2D eigenvalue weighted by Crippen LogP contribution is 2.31. The van der Waals surface area contributed by atoms with Crippen LogP contribution in [0.2, 0.25) is 0 Å². The summed E-state index contributed by atoms with van der Waals surface area (Å²) in [6.07, 6.45) is 1.32. The van der Waals surface area contributed by atoms with Crippen LogP contribution in [0.1, 0.15) is 29.4 Å². The summed E-state index contributed by atoms with van der Waals surface area (Å²) in [6.45, 7) is 2.20. The molecule has 20 heavy (non-hydrogen) atoms. The number of hydrogen-bond donors (Lipinski definition) is 3. The zero-order valence-corrected chi connectivity index (χ0v) is 14.0. The second kappa shape index (κ2) is 7.51. The predicted octanol–water partition coefficient (Wildman–Crippen LogP) is 1.90. The van der Waals surface area contributed by atoms with Crippen molar-refractivity contribution < 1.29 is 23.4 Å². The van der Waals surface area contributed by atoms with E-state index < -0.39 is 16.0 Å². The number of sulfonamides is 1. The fourth-order valence-electron chi connectivity index (χ4n) is 1.47. The molecule has 1 aromatic rings. The zero-order chi connectivity index (χ0) is 15.3. The molecule has 0 saturated heterocycles. The van der Waals surface area contributed by atoms with E-state index in [1.807, 2.05) is 6.92 Å². The smallest absolute Gasteiger partial charge is 0.345 e. The van der Waals surface area contributed by atoms with E-state index in [9.17, 15) is 13.2 Å². The van der Waals surface area contributed by atoms with Gasteiger partial charge in [0.25, 0.3) is 0 Å². The Morgan fingerprint density at radius 2 is 2.20 bits per heavy atom. The Kier molecular flexibility index (Phi) is 6.59. The minimum Gasteiger partial charge on any atom is -0.477 e. The third-order valence-corrected chi connectivity index (χ3v) is 6.33. The third kappa shape index (κ3) is 4.81. The van der Waals surface area contributed by atoms with Crippen LogP contribution in [0.5, 0.6) is 0 Å². The molecule has 114 valence electrons. The molecule has 1 aromatic heterocycles. The van der Waals surface area contributed by atoms with Gasteiger partial charge in [-0.1, -0.05) is 6.92 Å². The molecule has 0 radical (unpaired) electrons. The Balaban J connectivity index is 2.67. The van der Waals surface area contributed by atoms with Gasteiger partial charge in [0.05, 0.1) is 3.79 Å². The Bertz CT molecular complexity index is 569. The van der Waals surface area contributed by atoms with Crippen molar-refractivity contribution in [2.45, 2.75) is 24.7 Å². The first-order chi connectivity index (χ1) is 9.27. The molecular weight excluding hydrogens is 370 g/mol. The number of carboxylic acid groups (broad SMARTS) is 1. The lowest BCUT2D eigenvalue weighted by molar-refractivity contribution is 0.0702. The maximum absolute atomic E-state index is 12.0. The third-order valence-electron chi connectivity index (χ3n) is 2.63. The van der Waals surface area contributed by atoms with Crippen molar-refractivity contribution in [2.24, 2.45) is 5.92 Å². The van der Waals surface area contributed by atoms with Gasteiger partial charge in [0.1, 0.15) is 9.77 Å². The van der Waals surface area contributed by atoms with Gasteiger partial charge < -0.3 is 10.2 Å². The molecule has 0 aliphatic heterocycles. The molecule has 1 unspecified atom stereocenters. The number of aliphatic hydroxyl groups excluding tert-OH is 1. The van der Waals surface area contributed by atoms with Crippen LogP contribution in [0.4, 0.5) is 0 Å². The van der Waals surface area contributed by atoms with E-state index in [2.05, 4.69) is 20.7 Å². The molecule has 0 amide bonds. The average Bonchev–Trinajstić information content (AvgIpc) is 2.77. The molecular formula is C11H16BrNO5S2. The van der Waals surface area contributed by atoms with E-state index in [-0.39, 0.29) is 32.6 Å². The molecule has 0 fully saturated rings.